The van der Waals surface area contributed by atoms with Crippen molar-refractivity contribution in [3.05, 3.63) is 33.2 Å². The lowest BCUT2D eigenvalue weighted by molar-refractivity contribution is 1.17. The lowest BCUT2D eigenvalue weighted by Crippen LogP contribution is -1.87. The van der Waals surface area contributed by atoms with E-state index in [4.69, 9.17) is 11.6 Å². The van der Waals surface area contributed by atoms with Gasteiger partial charge in [-0.1, -0.05) is 11.6 Å². The second-order valence-corrected chi connectivity index (χ2v) is 4.88. The van der Waals surface area contributed by atoms with Crippen molar-refractivity contribution in [2.24, 2.45) is 0 Å². The summed E-state index contributed by atoms with van der Waals surface area (Å²) in [4.78, 5) is 10.9. The van der Waals surface area contributed by atoms with E-state index in [9.17, 15) is 0 Å². The van der Waals surface area contributed by atoms with Crippen LogP contribution in [0.5, 0.6) is 0 Å². The van der Waals surface area contributed by atoms with Crippen LogP contribution >= 0.6 is 22.9 Å². The van der Waals surface area contributed by atoms with Gasteiger partial charge in [0, 0.05) is 21.5 Å². The molecule has 0 aromatic carbocycles. The zero-order chi connectivity index (χ0) is 10.1. The molecule has 0 unspecified atom stereocenters. The van der Waals surface area contributed by atoms with Crippen LogP contribution in [0.25, 0.3) is 11.4 Å². The molecule has 2 nitrogen and oxygen atoms in total. The predicted molar refractivity (Wildman–Crippen MR) is 59.8 cm³/mol. The summed E-state index contributed by atoms with van der Waals surface area (Å²) in [5.41, 5.74) is 1.08. The molecule has 2 rings (SSSR count). The Morgan fingerprint density at radius 3 is 2.71 bits per heavy atom. The first-order valence-corrected chi connectivity index (χ1v) is 5.42. The smallest absolute Gasteiger partial charge is 0.161 e. The fourth-order valence-electron chi connectivity index (χ4n) is 1.32. The standard InChI is InChI=1S/C10H9ClN2S/c1-6-5-8(7(2)14-6)10-12-4-3-9(11)13-10/h3-5H,1-2H3. The lowest BCUT2D eigenvalue weighted by Gasteiger charge is -1.97. The van der Waals surface area contributed by atoms with Gasteiger partial charge in [0.25, 0.3) is 0 Å². The summed E-state index contributed by atoms with van der Waals surface area (Å²) in [5.74, 6) is 0.708. The monoisotopic (exact) mass is 224 g/mol. The Labute approximate surface area is 91.6 Å². The van der Waals surface area contributed by atoms with Crippen LogP contribution in [0, 0.1) is 13.8 Å². The molecular weight excluding hydrogens is 216 g/mol. The third-order valence-corrected chi connectivity index (χ3v) is 3.08. The highest BCUT2D eigenvalue weighted by atomic mass is 35.5. The number of halogens is 1. The van der Waals surface area contributed by atoms with Gasteiger partial charge in [-0.2, -0.15) is 0 Å². The first kappa shape index (κ1) is 9.62. The molecule has 0 saturated carbocycles. The normalized spacial score (nSPS) is 10.5. The number of aromatic nitrogens is 2. The van der Waals surface area contributed by atoms with Crippen molar-refractivity contribution in [1.29, 1.82) is 0 Å². The Bertz CT molecular complexity index is 465. The number of nitrogens with zero attached hydrogens (tertiary/aromatic N) is 2. The van der Waals surface area contributed by atoms with Crippen LogP contribution in [0.4, 0.5) is 0 Å². The van der Waals surface area contributed by atoms with Gasteiger partial charge in [0.05, 0.1) is 0 Å². The molecule has 0 N–H and O–H groups in total. The molecule has 0 bridgehead atoms. The zero-order valence-corrected chi connectivity index (χ0v) is 9.49. The third-order valence-electron chi connectivity index (χ3n) is 1.90. The van der Waals surface area contributed by atoms with E-state index in [-0.39, 0.29) is 0 Å². The summed E-state index contributed by atoms with van der Waals surface area (Å²) >= 11 is 7.55. The minimum Gasteiger partial charge on any atom is -0.236 e. The Balaban J connectivity index is 2.54. The van der Waals surface area contributed by atoms with Crippen molar-refractivity contribution in [3.63, 3.8) is 0 Å². The summed E-state index contributed by atoms with van der Waals surface area (Å²) < 4.78 is 0. The number of hydrogen-bond donors (Lipinski definition) is 0. The van der Waals surface area contributed by atoms with Crippen LogP contribution < -0.4 is 0 Å². The van der Waals surface area contributed by atoms with Crippen molar-refractivity contribution in [2.45, 2.75) is 13.8 Å². The Morgan fingerprint density at radius 2 is 2.14 bits per heavy atom. The van der Waals surface area contributed by atoms with Crippen molar-refractivity contribution in [2.75, 3.05) is 0 Å². The summed E-state index contributed by atoms with van der Waals surface area (Å²) in [6, 6.07) is 3.77. The van der Waals surface area contributed by atoms with Crippen molar-refractivity contribution in [3.8, 4) is 11.4 Å². The molecule has 0 aliphatic heterocycles. The molecule has 0 amide bonds. The van der Waals surface area contributed by atoms with Gasteiger partial charge in [0.1, 0.15) is 5.15 Å². The van der Waals surface area contributed by atoms with Crippen molar-refractivity contribution < 1.29 is 0 Å². The highest BCUT2D eigenvalue weighted by Gasteiger charge is 2.08. The molecular formula is C10H9ClN2S. The average molecular weight is 225 g/mol. The summed E-state index contributed by atoms with van der Waals surface area (Å²) in [6.45, 7) is 4.14. The Kier molecular flexibility index (Phi) is 2.52. The maximum Gasteiger partial charge on any atom is 0.161 e. The number of thiophene rings is 1. The number of aryl methyl sites for hydroxylation is 2. The molecule has 0 radical (unpaired) electrons. The predicted octanol–water partition coefficient (Wildman–Crippen LogP) is 3.48. The molecule has 2 aromatic heterocycles. The van der Waals surface area contributed by atoms with E-state index in [1.54, 1.807) is 23.6 Å². The van der Waals surface area contributed by atoms with Crippen LogP contribution in [0.2, 0.25) is 5.15 Å². The quantitative estimate of drug-likeness (QED) is 0.694. The first-order valence-electron chi connectivity index (χ1n) is 4.23. The second kappa shape index (κ2) is 3.67. The van der Waals surface area contributed by atoms with Crippen molar-refractivity contribution >= 4 is 22.9 Å². The van der Waals surface area contributed by atoms with E-state index in [0.717, 1.165) is 5.56 Å². The molecule has 0 saturated heterocycles. The minimum absolute atomic E-state index is 0.484. The second-order valence-electron chi connectivity index (χ2n) is 3.03. The zero-order valence-electron chi connectivity index (χ0n) is 7.91. The fourth-order valence-corrected chi connectivity index (χ4v) is 2.38. The maximum absolute atomic E-state index is 5.81. The molecule has 14 heavy (non-hydrogen) atoms. The van der Waals surface area contributed by atoms with Gasteiger partial charge >= 0.3 is 0 Å². The number of rotatable bonds is 1. The highest BCUT2D eigenvalue weighted by Crippen LogP contribution is 2.28. The molecule has 72 valence electrons. The van der Waals surface area contributed by atoms with Crippen LogP contribution in [-0.4, -0.2) is 9.97 Å². The van der Waals surface area contributed by atoms with Gasteiger partial charge in [-0.15, -0.1) is 11.3 Å². The van der Waals surface area contributed by atoms with Gasteiger partial charge in [-0.05, 0) is 26.0 Å². The molecule has 0 aliphatic rings. The summed E-state index contributed by atoms with van der Waals surface area (Å²) in [5, 5.41) is 0.484. The fraction of sp³-hybridized carbons (Fsp3) is 0.200. The van der Waals surface area contributed by atoms with Gasteiger partial charge in [0.2, 0.25) is 0 Å². The summed E-state index contributed by atoms with van der Waals surface area (Å²) in [7, 11) is 0. The average Bonchev–Trinajstić information content (AvgIpc) is 2.45. The van der Waals surface area contributed by atoms with Crippen LogP contribution in [0.15, 0.2) is 18.3 Å². The van der Waals surface area contributed by atoms with Crippen molar-refractivity contribution in [1.82, 2.24) is 9.97 Å². The molecule has 0 fully saturated rings. The first-order chi connectivity index (χ1) is 6.66. The van der Waals surface area contributed by atoms with Gasteiger partial charge in [-0.25, -0.2) is 9.97 Å². The molecule has 2 heterocycles. The minimum atomic E-state index is 0.484. The van der Waals surface area contributed by atoms with E-state index in [2.05, 4.69) is 29.9 Å². The number of hydrogen-bond acceptors (Lipinski definition) is 3. The van der Waals surface area contributed by atoms with Crippen LogP contribution in [0.1, 0.15) is 9.75 Å². The third kappa shape index (κ3) is 1.79. The van der Waals surface area contributed by atoms with E-state index >= 15 is 0 Å². The van der Waals surface area contributed by atoms with Crippen LogP contribution in [-0.2, 0) is 0 Å². The van der Waals surface area contributed by atoms with Gasteiger partial charge < -0.3 is 0 Å². The highest BCUT2D eigenvalue weighted by molar-refractivity contribution is 7.12. The topological polar surface area (TPSA) is 25.8 Å². The Morgan fingerprint density at radius 1 is 1.36 bits per heavy atom. The molecule has 4 heteroatoms. The molecule has 2 aromatic rings. The van der Waals surface area contributed by atoms with E-state index in [0.29, 0.717) is 11.0 Å². The van der Waals surface area contributed by atoms with Gasteiger partial charge in [-0.3, -0.25) is 0 Å². The van der Waals surface area contributed by atoms with E-state index in [1.807, 2.05) is 0 Å². The van der Waals surface area contributed by atoms with Crippen LogP contribution in [0.3, 0.4) is 0 Å². The Hall–Kier alpha value is -0.930. The van der Waals surface area contributed by atoms with E-state index < -0.39 is 0 Å². The molecule has 0 atom stereocenters. The molecule has 0 spiro atoms. The van der Waals surface area contributed by atoms with E-state index in [1.165, 1.54) is 9.75 Å². The SMILES string of the molecule is Cc1cc(-c2nccc(Cl)n2)c(C)s1. The largest absolute Gasteiger partial charge is 0.236 e. The molecule has 0 aliphatic carbocycles. The lowest BCUT2D eigenvalue weighted by atomic mass is 10.2. The summed E-state index contributed by atoms with van der Waals surface area (Å²) in [6.07, 6.45) is 1.68. The van der Waals surface area contributed by atoms with Gasteiger partial charge in [0.15, 0.2) is 5.82 Å². The maximum atomic E-state index is 5.81.